The smallest absolute Gasteiger partial charge is 0.326 e. The highest BCUT2D eigenvalue weighted by molar-refractivity contribution is 6.22. The molecule has 6 nitrogen and oxygen atoms in total. The number of nitrogens with zero attached hydrogens (tertiary/aromatic N) is 1. The normalized spacial score (nSPS) is 13.1. The molecule has 0 bridgehead atoms. The van der Waals surface area contributed by atoms with Crippen molar-refractivity contribution in [2.75, 3.05) is 12.3 Å². The summed E-state index contributed by atoms with van der Waals surface area (Å²) in [7, 11) is 0. The van der Waals surface area contributed by atoms with Crippen molar-refractivity contribution in [2.24, 2.45) is 0 Å². The number of hydrogen-bond donors (Lipinski definition) is 1. The second-order valence-electron chi connectivity index (χ2n) is 5.15. The molecule has 23 heavy (non-hydrogen) atoms. The Morgan fingerprint density at radius 1 is 1.00 bits per heavy atom. The Balaban J connectivity index is 1.66. The molecule has 2 amide bonds. The van der Waals surface area contributed by atoms with E-state index in [1.54, 1.807) is 6.07 Å². The first-order valence-corrected chi connectivity index (χ1v) is 7.01. The number of nitrogen functional groups attached to an aromatic ring is 1. The molecule has 1 aliphatic heterocycles. The van der Waals surface area contributed by atoms with Crippen LogP contribution >= 0.6 is 0 Å². The summed E-state index contributed by atoms with van der Waals surface area (Å²) in [6.07, 6.45) is 0. The van der Waals surface area contributed by atoms with Crippen LogP contribution in [0.5, 0.6) is 0 Å². The Kier molecular flexibility index (Phi) is 3.80. The van der Waals surface area contributed by atoms with E-state index in [0.717, 1.165) is 10.5 Å². The molecule has 0 radical (unpaired) electrons. The van der Waals surface area contributed by atoms with Gasteiger partial charge in [-0.3, -0.25) is 19.3 Å². The van der Waals surface area contributed by atoms with Gasteiger partial charge in [0.05, 0.1) is 11.1 Å². The Hall–Kier alpha value is -3.15. The number of ether oxygens (including phenoxy) is 1. The van der Waals surface area contributed by atoms with Crippen molar-refractivity contribution >= 4 is 23.5 Å². The van der Waals surface area contributed by atoms with E-state index in [1.807, 2.05) is 30.3 Å². The number of esters is 1. The number of anilines is 1. The van der Waals surface area contributed by atoms with Crippen LogP contribution in [-0.2, 0) is 16.1 Å². The average Bonchev–Trinajstić information content (AvgIpc) is 2.78. The van der Waals surface area contributed by atoms with Gasteiger partial charge in [-0.25, -0.2) is 0 Å². The van der Waals surface area contributed by atoms with E-state index in [2.05, 4.69) is 0 Å². The number of rotatable bonds is 4. The number of amides is 2. The molecule has 0 unspecified atom stereocenters. The summed E-state index contributed by atoms with van der Waals surface area (Å²) < 4.78 is 5.10. The van der Waals surface area contributed by atoms with E-state index < -0.39 is 24.3 Å². The molecule has 1 aliphatic rings. The van der Waals surface area contributed by atoms with Gasteiger partial charge in [-0.2, -0.15) is 0 Å². The Bertz CT molecular complexity index is 786. The largest absolute Gasteiger partial charge is 0.459 e. The summed E-state index contributed by atoms with van der Waals surface area (Å²) in [6, 6.07) is 13.6. The highest BCUT2D eigenvalue weighted by atomic mass is 16.5. The maximum absolute atomic E-state index is 12.2. The van der Waals surface area contributed by atoms with E-state index in [1.165, 1.54) is 12.1 Å². The fourth-order valence-electron chi connectivity index (χ4n) is 2.36. The summed E-state index contributed by atoms with van der Waals surface area (Å²) in [5.74, 6) is -1.69. The Labute approximate surface area is 132 Å². The van der Waals surface area contributed by atoms with Gasteiger partial charge < -0.3 is 10.5 Å². The first-order valence-electron chi connectivity index (χ1n) is 7.01. The number of hydrogen-bond acceptors (Lipinski definition) is 5. The maximum atomic E-state index is 12.2. The van der Waals surface area contributed by atoms with Crippen molar-refractivity contribution in [1.29, 1.82) is 0 Å². The van der Waals surface area contributed by atoms with Gasteiger partial charge in [-0.05, 0) is 23.8 Å². The SMILES string of the molecule is Nc1ccc2c(c1)C(=O)N(CC(=O)OCc1ccccc1)C2=O. The molecule has 2 aromatic carbocycles. The molecule has 0 saturated carbocycles. The molecule has 0 spiro atoms. The lowest BCUT2D eigenvalue weighted by Gasteiger charge is -2.13. The third-order valence-corrected chi connectivity index (χ3v) is 3.52. The van der Waals surface area contributed by atoms with Crippen LogP contribution in [0, 0.1) is 0 Å². The minimum absolute atomic E-state index is 0.0930. The Morgan fingerprint density at radius 3 is 2.43 bits per heavy atom. The van der Waals surface area contributed by atoms with Crippen LogP contribution in [0.15, 0.2) is 48.5 Å². The third kappa shape index (κ3) is 2.91. The fraction of sp³-hybridized carbons (Fsp3) is 0.118. The van der Waals surface area contributed by atoms with Gasteiger partial charge in [0.25, 0.3) is 11.8 Å². The van der Waals surface area contributed by atoms with E-state index in [0.29, 0.717) is 5.69 Å². The molecule has 2 N–H and O–H groups in total. The van der Waals surface area contributed by atoms with Crippen LogP contribution in [0.2, 0.25) is 0 Å². The van der Waals surface area contributed by atoms with E-state index >= 15 is 0 Å². The summed E-state index contributed by atoms with van der Waals surface area (Å²) in [6.45, 7) is -0.325. The molecule has 6 heteroatoms. The van der Waals surface area contributed by atoms with Crippen LogP contribution in [-0.4, -0.2) is 29.2 Å². The van der Waals surface area contributed by atoms with E-state index in [9.17, 15) is 14.4 Å². The quantitative estimate of drug-likeness (QED) is 0.526. The summed E-state index contributed by atoms with van der Waals surface area (Å²) in [4.78, 5) is 37.2. The minimum Gasteiger partial charge on any atom is -0.459 e. The van der Waals surface area contributed by atoms with Crippen molar-refractivity contribution in [1.82, 2.24) is 4.90 Å². The zero-order valence-electron chi connectivity index (χ0n) is 12.2. The molecule has 0 fully saturated rings. The van der Waals surface area contributed by atoms with Gasteiger partial charge in [0.1, 0.15) is 13.2 Å². The highest BCUT2D eigenvalue weighted by Crippen LogP contribution is 2.24. The van der Waals surface area contributed by atoms with Crippen LogP contribution in [0.3, 0.4) is 0 Å². The lowest BCUT2D eigenvalue weighted by Crippen LogP contribution is -2.35. The zero-order valence-corrected chi connectivity index (χ0v) is 12.2. The fourth-order valence-corrected chi connectivity index (χ4v) is 2.36. The number of fused-ring (bicyclic) bond motifs is 1. The predicted molar refractivity (Wildman–Crippen MR) is 82.5 cm³/mol. The molecule has 0 aliphatic carbocycles. The molecule has 0 aromatic heterocycles. The van der Waals surface area contributed by atoms with Gasteiger partial charge in [-0.1, -0.05) is 30.3 Å². The van der Waals surface area contributed by atoms with E-state index in [4.69, 9.17) is 10.5 Å². The molecular formula is C17H14N2O4. The Morgan fingerprint density at radius 2 is 1.70 bits per heavy atom. The summed E-state index contributed by atoms with van der Waals surface area (Å²) >= 11 is 0. The molecule has 2 aromatic rings. The van der Waals surface area contributed by atoms with Crippen molar-refractivity contribution in [3.05, 3.63) is 65.2 Å². The molecule has 0 atom stereocenters. The van der Waals surface area contributed by atoms with Crippen LogP contribution in [0.1, 0.15) is 26.3 Å². The van der Waals surface area contributed by atoms with Gasteiger partial charge in [0.2, 0.25) is 0 Å². The van der Waals surface area contributed by atoms with E-state index in [-0.39, 0.29) is 17.7 Å². The van der Waals surface area contributed by atoms with Crippen molar-refractivity contribution < 1.29 is 19.1 Å². The topological polar surface area (TPSA) is 89.7 Å². The lowest BCUT2D eigenvalue weighted by atomic mass is 10.1. The molecule has 3 rings (SSSR count). The highest BCUT2D eigenvalue weighted by Gasteiger charge is 2.37. The number of nitrogens with two attached hydrogens (primary N) is 1. The third-order valence-electron chi connectivity index (χ3n) is 3.52. The summed E-state index contributed by atoms with van der Waals surface area (Å²) in [5.41, 5.74) is 7.30. The van der Waals surface area contributed by atoms with Gasteiger partial charge in [-0.15, -0.1) is 0 Å². The number of imide groups is 1. The standard InChI is InChI=1S/C17H14N2O4/c18-12-6-7-13-14(8-12)17(22)19(16(13)21)9-15(20)23-10-11-4-2-1-3-5-11/h1-8H,9-10,18H2. The van der Waals surface area contributed by atoms with Gasteiger partial charge in [0.15, 0.2) is 0 Å². The van der Waals surface area contributed by atoms with Crippen molar-refractivity contribution in [3.8, 4) is 0 Å². The van der Waals surface area contributed by atoms with Crippen LogP contribution in [0.25, 0.3) is 0 Å². The number of carbonyl (C=O) groups excluding carboxylic acids is 3. The second-order valence-corrected chi connectivity index (χ2v) is 5.15. The van der Waals surface area contributed by atoms with Gasteiger partial charge in [0, 0.05) is 5.69 Å². The molecule has 1 heterocycles. The first kappa shape index (κ1) is 14.8. The molecule has 0 saturated heterocycles. The maximum Gasteiger partial charge on any atom is 0.326 e. The van der Waals surface area contributed by atoms with Gasteiger partial charge >= 0.3 is 5.97 Å². The number of carbonyl (C=O) groups is 3. The zero-order chi connectivity index (χ0) is 16.4. The van der Waals surface area contributed by atoms with Crippen LogP contribution in [0.4, 0.5) is 5.69 Å². The second kappa shape index (κ2) is 5.92. The predicted octanol–water partition coefficient (Wildman–Crippen LogP) is 1.61. The van der Waals surface area contributed by atoms with Crippen LogP contribution < -0.4 is 5.73 Å². The van der Waals surface area contributed by atoms with Crippen molar-refractivity contribution in [2.45, 2.75) is 6.61 Å². The van der Waals surface area contributed by atoms with Crippen molar-refractivity contribution in [3.63, 3.8) is 0 Å². The first-order chi connectivity index (χ1) is 11.1. The summed E-state index contributed by atoms with van der Waals surface area (Å²) in [5, 5.41) is 0. The molecular weight excluding hydrogens is 296 g/mol. The monoisotopic (exact) mass is 310 g/mol. The molecule has 116 valence electrons. The lowest BCUT2D eigenvalue weighted by molar-refractivity contribution is -0.145. The average molecular weight is 310 g/mol. The minimum atomic E-state index is -0.642. The number of benzene rings is 2.